The van der Waals surface area contributed by atoms with Crippen molar-refractivity contribution in [2.75, 3.05) is 52.4 Å². The molecule has 3 unspecified atom stereocenters. The van der Waals surface area contributed by atoms with Crippen molar-refractivity contribution in [2.45, 2.75) is 38.6 Å². The van der Waals surface area contributed by atoms with Gasteiger partial charge in [-0.05, 0) is 120 Å². The average Bonchev–Trinajstić information content (AvgIpc) is 3.62. The van der Waals surface area contributed by atoms with E-state index >= 15 is 0 Å². The molecule has 11 rings (SSSR count). The maximum absolute atomic E-state index is 10.4. The van der Waals surface area contributed by atoms with Crippen LogP contribution in [-0.4, -0.2) is 111 Å². The van der Waals surface area contributed by atoms with E-state index in [2.05, 4.69) is 95.8 Å². The average molecular weight is 1240 g/mol. The van der Waals surface area contributed by atoms with Crippen molar-refractivity contribution in [2.24, 2.45) is 0 Å². The van der Waals surface area contributed by atoms with Gasteiger partial charge < -0.3 is 30.1 Å². The van der Waals surface area contributed by atoms with E-state index in [1.165, 1.54) is 5.56 Å². The number of hydrogen-bond acceptors (Lipinski definition) is 10. The number of nitrogens with one attached hydrogen (secondary N) is 1. The van der Waals surface area contributed by atoms with Crippen LogP contribution < -0.4 is 5.32 Å². The van der Waals surface area contributed by atoms with Gasteiger partial charge in [0.05, 0.1) is 23.1 Å². The van der Waals surface area contributed by atoms with Gasteiger partial charge in [0.2, 0.25) is 0 Å². The molecule has 19 heteroatoms. The first kappa shape index (κ1) is 56.5. The lowest BCUT2D eigenvalue weighted by molar-refractivity contribution is 0.144. The van der Waals surface area contributed by atoms with Gasteiger partial charge >= 0.3 is 14.1 Å². The molecule has 5 heterocycles. The quantitative estimate of drug-likeness (QED) is 0.101. The van der Waals surface area contributed by atoms with Gasteiger partial charge in [-0.15, -0.1) is 11.6 Å². The van der Waals surface area contributed by atoms with Crippen molar-refractivity contribution in [1.29, 1.82) is 0 Å². The minimum Gasteiger partial charge on any atom is -0.437 e. The Hall–Kier alpha value is -3.22. The van der Waals surface area contributed by atoms with Gasteiger partial charge in [-0.1, -0.05) is 126 Å². The van der Waals surface area contributed by atoms with Gasteiger partial charge in [0.1, 0.15) is 11.5 Å². The van der Waals surface area contributed by atoms with Crippen LogP contribution in [0.15, 0.2) is 110 Å². The predicted molar refractivity (Wildman–Crippen MR) is 313 cm³/mol. The maximum atomic E-state index is 10.4. The maximum Gasteiger partial charge on any atom is 0.376 e. The van der Waals surface area contributed by atoms with Crippen LogP contribution in [0.2, 0.25) is 28.7 Å². The molecular weight excluding hydrogens is 1190 g/mol. The highest BCUT2D eigenvalue weighted by atomic mass is 79.9. The van der Waals surface area contributed by atoms with Crippen molar-refractivity contribution in [1.82, 2.24) is 34.8 Å². The highest BCUT2D eigenvalue weighted by Gasteiger charge is 2.34. The summed E-state index contributed by atoms with van der Waals surface area (Å²) in [6.45, 7) is 11.0. The van der Waals surface area contributed by atoms with Crippen molar-refractivity contribution in [3.05, 3.63) is 192 Å². The lowest BCUT2D eigenvalue weighted by Crippen LogP contribution is -2.52. The van der Waals surface area contributed by atoms with Crippen LogP contribution in [0.1, 0.15) is 92.1 Å². The molecule has 3 aromatic carbocycles. The fourth-order valence-electron chi connectivity index (χ4n) is 9.12. The molecule has 2 aliphatic heterocycles. The Morgan fingerprint density at radius 3 is 1.46 bits per heavy atom. The van der Waals surface area contributed by atoms with Crippen LogP contribution in [-0.2, 0) is 0 Å². The van der Waals surface area contributed by atoms with Gasteiger partial charge in [0.15, 0.2) is 0 Å². The molecule has 4 N–H and O–H groups in total. The molecule has 10 nitrogen and oxygen atoms in total. The van der Waals surface area contributed by atoms with Crippen LogP contribution in [0.4, 0.5) is 0 Å². The fraction of sp³-hybridized carbons (Fsp3) is 0.264. The molecule has 0 saturated carbocycles. The Labute approximate surface area is 468 Å². The molecule has 6 aromatic rings. The summed E-state index contributed by atoms with van der Waals surface area (Å²) in [6.07, 6.45) is 10.7. The first-order chi connectivity index (χ1) is 34.2. The molecule has 0 radical (unpaired) electrons. The first-order valence-electron chi connectivity index (χ1n) is 23.2. The van der Waals surface area contributed by atoms with E-state index in [0.717, 1.165) is 127 Å². The number of aromatic nitrogens is 3. The number of pyridine rings is 3. The summed E-state index contributed by atoms with van der Waals surface area (Å²) in [5, 5.41) is 34.4. The molecule has 374 valence electrons. The summed E-state index contributed by atoms with van der Waals surface area (Å²) in [5.41, 5.74) is 11.7. The number of rotatable bonds is 3. The second-order valence-corrected chi connectivity index (χ2v) is 21.7. The highest BCUT2D eigenvalue weighted by Crippen LogP contribution is 2.44. The van der Waals surface area contributed by atoms with Crippen LogP contribution in [0.5, 0.6) is 0 Å². The number of benzene rings is 3. The van der Waals surface area contributed by atoms with Crippen molar-refractivity contribution < 1.29 is 15.2 Å². The second-order valence-electron chi connectivity index (χ2n) is 17.4. The molecule has 2 saturated heterocycles. The molecule has 3 aromatic heterocycles. The van der Waals surface area contributed by atoms with Gasteiger partial charge in [-0.3, -0.25) is 19.9 Å². The fourth-order valence-corrected chi connectivity index (χ4v) is 11.8. The number of nitrogens with zero attached hydrogens (tertiary/aromatic N) is 6. The molecule has 2 fully saturated rings. The number of hydrogen-bond donors (Lipinski definition) is 4. The smallest absolute Gasteiger partial charge is 0.376 e. The summed E-state index contributed by atoms with van der Waals surface area (Å²) in [6, 6.07) is 29.1. The summed E-state index contributed by atoms with van der Waals surface area (Å²) >= 11 is 35.7. The molecule has 3 aliphatic carbocycles. The molecule has 72 heavy (non-hydrogen) atoms. The molecule has 0 bridgehead atoms. The second kappa shape index (κ2) is 26.0. The minimum absolute atomic E-state index is 0. The zero-order valence-electron chi connectivity index (χ0n) is 38.8. The predicted octanol–water partition coefficient (Wildman–Crippen LogP) is 12.7. The Morgan fingerprint density at radius 2 is 0.958 bits per heavy atom. The van der Waals surface area contributed by atoms with Crippen molar-refractivity contribution in [3.63, 3.8) is 0 Å². The van der Waals surface area contributed by atoms with Crippen LogP contribution >= 0.6 is 94.2 Å². The molecule has 3 atom stereocenters. The van der Waals surface area contributed by atoms with Crippen LogP contribution in [0.25, 0.3) is 31.7 Å². The Kier molecular flexibility index (Phi) is 20.4. The van der Waals surface area contributed by atoms with E-state index < -0.39 is 13.2 Å². The lowest BCUT2D eigenvalue weighted by atomic mass is 9.84. The van der Waals surface area contributed by atoms with E-state index in [1.807, 2.05) is 105 Å². The molecular formula is C53H54B2Br3Cl4N7O3. The van der Waals surface area contributed by atoms with Crippen molar-refractivity contribution in [3.8, 4) is 0 Å². The summed E-state index contributed by atoms with van der Waals surface area (Å²) in [7, 11) is -0.675. The van der Waals surface area contributed by atoms with Gasteiger partial charge in [0.25, 0.3) is 0 Å². The van der Waals surface area contributed by atoms with Crippen LogP contribution in [0.3, 0.4) is 0 Å². The monoisotopic (exact) mass is 1240 g/mol. The number of aliphatic hydroxyl groups excluding tert-OH is 1. The third kappa shape index (κ3) is 13.4. The topological polar surface area (TPSA) is 121 Å². The Morgan fingerprint density at radius 1 is 0.556 bits per heavy atom. The lowest BCUT2D eigenvalue weighted by Gasteiger charge is -2.40. The number of fused-ring (bicyclic) bond motifs is 6. The zero-order valence-corrected chi connectivity index (χ0v) is 46.6. The summed E-state index contributed by atoms with van der Waals surface area (Å²) in [5.74, 6) is 0. The Bertz CT molecular complexity index is 2840. The normalized spacial score (nSPS) is 19.0. The zero-order chi connectivity index (χ0) is 50.3. The van der Waals surface area contributed by atoms with Crippen LogP contribution in [0, 0.1) is 0 Å². The van der Waals surface area contributed by atoms with Gasteiger partial charge in [-0.25, -0.2) is 0 Å². The largest absolute Gasteiger partial charge is 0.437 e. The number of alkyl halides is 1. The minimum atomic E-state index is -0.736. The van der Waals surface area contributed by atoms with E-state index in [0.29, 0.717) is 15.7 Å². The molecule has 5 aliphatic rings. The Balaban J connectivity index is 0.000000148. The number of aliphatic hydroxyl groups is 1. The van der Waals surface area contributed by atoms with E-state index in [1.54, 1.807) is 18.5 Å². The number of piperazine rings is 2. The van der Waals surface area contributed by atoms with Gasteiger partial charge in [0, 0.05) is 116 Å². The summed E-state index contributed by atoms with van der Waals surface area (Å²) < 4.78 is 2.89. The SMILES string of the molecule is C.CB(O)N1CCN(C2c3ccc(Cl)cc3C=C(Br)c3cccnc32)CC1.CB(O)N1CCNCC1.Clc1ccc2c(c1)C=C(Br)c1cccnc1C2Cl.OC1c2ccc(Cl)cc2C=C(Br)c2cccnc21. The van der Waals surface area contributed by atoms with E-state index in [4.69, 9.17) is 56.4 Å². The molecule has 0 spiro atoms. The molecule has 0 amide bonds. The van der Waals surface area contributed by atoms with Crippen molar-refractivity contribution >= 4 is 140 Å². The third-order valence-electron chi connectivity index (χ3n) is 12.8. The van der Waals surface area contributed by atoms with E-state index in [9.17, 15) is 10.1 Å². The first-order valence-corrected chi connectivity index (χ1v) is 27.1. The third-order valence-corrected chi connectivity index (χ3v) is 15.9. The standard InChI is InChI=1S/C19H20BBrClN3O.C14H8BrCl2N.C14H9BrClNO.C5H13BN2O.CH4/c1-20(26)25-9-7-24(8-10-25)19-15-5-4-14(22)11-13(15)12-17(21)16-3-2-6-23-18(16)19;15-12-7-8-6-9(16)3-4-10(8)13(17)14-11(12)2-1-5-18-14;15-12-7-8-6-9(16)3-4-10(8)14(18)13-11(12)2-1-5-17-13;1-6(9)8-4-2-7-3-5-8;/h2-6,11-12,19,26H,7-10H2,1H3;1-7,13H;1-7,14,18H;7,9H,2-5H2,1H3;1H4. The van der Waals surface area contributed by atoms with E-state index in [-0.39, 0.29) is 25.9 Å². The summed E-state index contributed by atoms with van der Waals surface area (Å²) in [4.78, 5) is 20.0. The van der Waals surface area contributed by atoms with Gasteiger partial charge in [-0.2, -0.15) is 0 Å². The highest BCUT2D eigenvalue weighted by molar-refractivity contribution is 9.15. The number of halogens is 7.